The molecule has 4 heterocycles. The van der Waals surface area contributed by atoms with Gasteiger partial charge in [-0.25, -0.2) is 0 Å². The third-order valence-electron chi connectivity index (χ3n) is 14.2. The topological polar surface area (TPSA) is 140 Å². The van der Waals surface area contributed by atoms with Gasteiger partial charge in [-0.1, -0.05) is 36.0 Å². The molecule has 2 N–H and O–H groups in total. The first-order chi connectivity index (χ1) is 37.2. The molecule has 4 aromatic carbocycles. The van der Waals surface area contributed by atoms with Crippen molar-refractivity contribution in [3.63, 3.8) is 0 Å². The SMILES string of the molecule is O=C(O)C1CCN(c2cccc(-c3cc(Sc4cc(-c5cccc(N6CCC(C(=O)O)CC6)c5)c(/C=C/C(=O)N5CCOCC5)c(C(F)(F)F)c4C(F)(F)F)c(C(F)(F)F)c(C(F)(F)F)c3/C=C/C(=O)N3CCOCC3)c2)CC1. The van der Waals surface area contributed by atoms with Gasteiger partial charge in [0.25, 0.3) is 0 Å². The van der Waals surface area contributed by atoms with Gasteiger partial charge >= 0.3 is 36.6 Å². The monoisotopic (exact) mass is 1140 g/mol. The number of ether oxygens (including phenoxy) is 2. The maximum atomic E-state index is 15.9. The van der Waals surface area contributed by atoms with Gasteiger partial charge in [-0.05, 0) is 108 Å². The lowest BCUT2D eigenvalue weighted by molar-refractivity contribution is -0.164. The molecular weight excluding hydrogens is 1090 g/mol. The summed E-state index contributed by atoms with van der Waals surface area (Å²) in [6, 6.07) is 11.5. The summed E-state index contributed by atoms with van der Waals surface area (Å²) in [6.45, 7) is 0.427. The van der Waals surface area contributed by atoms with Crippen LogP contribution >= 0.6 is 11.8 Å². The van der Waals surface area contributed by atoms with Crippen LogP contribution < -0.4 is 9.80 Å². The lowest BCUT2D eigenvalue weighted by Crippen LogP contribution is -2.39. The van der Waals surface area contributed by atoms with Crippen LogP contribution in [-0.2, 0) is 53.4 Å². The highest BCUT2D eigenvalue weighted by atomic mass is 32.2. The molecule has 12 nitrogen and oxygen atoms in total. The number of nitrogens with zero attached hydrogens (tertiary/aromatic N) is 4. The number of aliphatic carboxylic acids is 2. The molecule has 0 unspecified atom stereocenters. The zero-order valence-corrected chi connectivity index (χ0v) is 42.4. The third-order valence-corrected chi connectivity index (χ3v) is 15.3. The van der Waals surface area contributed by atoms with Crippen LogP contribution in [0.4, 0.5) is 64.1 Å². The number of carbonyl (C=O) groups is 4. The minimum Gasteiger partial charge on any atom is -0.481 e. The predicted molar refractivity (Wildman–Crippen MR) is 266 cm³/mol. The lowest BCUT2D eigenvalue weighted by atomic mass is 9.89. The van der Waals surface area contributed by atoms with E-state index >= 15 is 52.7 Å². The summed E-state index contributed by atoms with van der Waals surface area (Å²) in [7, 11) is 0. The highest BCUT2D eigenvalue weighted by Crippen LogP contribution is 2.55. The molecule has 4 aromatic rings. The lowest BCUT2D eigenvalue weighted by Gasteiger charge is -2.32. The van der Waals surface area contributed by atoms with Crippen LogP contribution in [-0.4, -0.2) is 123 Å². The Morgan fingerprint density at radius 1 is 0.481 bits per heavy atom. The van der Waals surface area contributed by atoms with Crippen LogP contribution in [0.25, 0.3) is 34.4 Å². The van der Waals surface area contributed by atoms with Gasteiger partial charge in [0, 0.05) is 85.7 Å². The molecule has 25 heteroatoms. The average Bonchev–Trinajstić information content (AvgIpc) is 3.43. The smallest absolute Gasteiger partial charge is 0.418 e. The van der Waals surface area contributed by atoms with Gasteiger partial charge in [0.15, 0.2) is 0 Å². The van der Waals surface area contributed by atoms with Crippen molar-refractivity contribution in [1.82, 2.24) is 9.80 Å². The number of anilines is 2. The number of hydrogen-bond acceptors (Lipinski definition) is 9. The van der Waals surface area contributed by atoms with Crippen LogP contribution in [0.3, 0.4) is 0 Å². The van der Waals surface area contributed by atoms with Crippen LogP contribution in [0.15, 0.2) is 82.6 Å². The van der Waals surface area contributed by atoms with Crippen LogP contribution in [0, 0.1) is 11.8 Å². The minimum absolute atomic E-state index is 0.0274. The number of alkyl halides is 12. The van der Waals surface area contributed by atoms with E-state index < -0.39 is 126 Å². The molecule has 4 fully saturated rings. The number of rotatable bonds is 12. The van der Waals surface area contributed by atoms with E-state index in [4.69, 9.17) is 9.47 Å². The fraction of sp³-hybridized carbons (Fsp3) is 0.407. The summed E-state index contributed by atoms with van der Waals surface area (Å²) >= 11 is -0.644. The van der Waals surface area contributed by atoms with Gasteiger partial charge in [-0.3, -0.25) is 19.2 Å². The van der Waals surface area contributed by atoms with E-state index in [1.165, 1.54) is 48.5 Å². The van der Waals surface area contributed by atoms with Crippen molar-refractivity contribution in [1.29, 1.82) is 0 Å². The second-order valence-electron chi connectivity index (χ2n) is 19.1. The highest BCUT2D eigenvalue weighted by Gasteiger charge is 2.50. The van der Waals surface area contributed by atoms with Crippen molar-refractivity contribution in [2.24, 2.45) is 11.8 Å². The second-order valence-corrected chi connectivity index (χ2v) is 20.2. The van der Waals surface area contributed by atoms with Crippen molar-refractivity contribution in [2.45, 2.75) is 60.2 Å². The number of morpholine rings is 2. The highest BCUT2D eigenvalue weighted by molar-refractivity contribution is 7.99. The molecule has 4 aliphatic heterocycles. The molecule has 0 aromatic heterocycles. The number of halogens is 12. The van der Waals surface area contributed by atoms with E-state index in [1.807, 2.05) is 0 Å². The van der Waals surface area contributed by atoms with Crippen molar-refractivity contribution in [3.8, 4) is 22.3 Å². The number of hydrogen-bond donors (Lipinski definition) is 2. The number of carboxylic acids is 2. The zero-order chi connectivity index (χ0) is 57.2. The summed E-state index contributed by atoms with van der Waals surface area (Å²) in [6.07, 6.45) is -21.5. The molecule has 0 spiro atoms. The first kappa shape index (κ1) is 58.4. The Balaban J connectivity index is 1.40. The fourth-order valence-electron chi connectivity index (χ4n) is 10.2. The normalized spacial score (nSPS) is 17.8. The van der Waals surface area contributed by atoms with Crippen molar-refractivity contribution in [2.75, 3.05) is 88.6 Å². The fourth-order valence-corrected chi connectivity index (χ4v) is 11.4. The standard InChI is InChI=1S/C54H50F12N4O8S/c55-51(56,57)45-37(7-9-43(71)69-19-23-77-24-20-69)39(33-3-1-5-35(27-33)67-15-11-31(12-16-67)49(73)74)29-41(47(45)53(61,62)63)79-42-30-40(34-4-2-6-36(28-34)68-17-13-32(14-18-68)50(75)76)38(8-10-44(72)70-21-25-78-26-22-70)46(52(58,59)60)48(42)54(64,65)66/h1-10,27-32H,11-26H2,(H,73,74)(H,75,76)/b9-7+,10-8+. The Kier molecular flexibility index (Phi) is 17.4. The molecule has 4 saturated heterocycles. The summed E-state index contributed by atoms with van der Waals surface area (Å²) in [5.41, 5.74) is -14.1. The maximum Gasteiger partial charge on any atom is 0.418 e. The van der Waals surface area contributed by atoms with Gasteiger partial charge < -0.3 is 39.3 Å². The molecule has 2 amide bonds. The van der Waals surface area contributed by atoms with Gasteiger partial charge in [0.1, 0.15) is 0 Å². The van der Waals surface area contributed by atoms with E-state index in [0.717, 1.165) is 9.80 Å². The Bertz CT molecular complexity index is 2810. The minimum atomic E-state index is -6.10. The summed E-state index contributed by atoms with van der Waals surface area (Å²) in [5.74, 6) is -5.47. The molecular formula is C54H50F12N4O8S. The Labute approximate surface area is 448 Å². The van der Waals surface area contributed by atoms with E-state index in [-0.39, 0.29) is 127 Å². The van der Waals surface area contributed by atoms with Gasteiger partial charge in [0.2, 0.25) is 11.8 Å². The summed E-state index contributed by atoms with van der Waals surface area (Å²) in [5, 5.41) is 19.2. The largest absolute Gasteiger partial charge is 0.481 e. The van der Waals surface area contributed by atoms with E-state index in [0.29, 0.717) is 36.4 Å². The van der Waals surface area contributed by atoms with Gasteiger partial charge in [0.05, 0.1) is 60.5 Å². The number of piperidine rings is 2. The second kappa shape index (κ2) is 23.5. The molecule has 0 radical (unpaired) electrons. The van der Waals surface area contributed by atoms with Gasteiger partial charge in [-0.2, -0.15) is 52.7 Å². The molecule has 0 atom stereocenters. The quantitative estimate of drug-likeness (QED) is 0.103. The number of carbonyl (C=O) groups excluding carboxylic acids is 2. The molecule has 8 rings (SSSR count). The summed E-state index contributed by atoms with van der Waals surface area (Å²) in [4.78, 5) is 52.7. The molecule has 4 aliphatic rings. The maximum absolute atomic E-state index is 15.9. The van der Waals surface area contributed by atoms with Crippen molar-refractivity contribution in [3.05, 3.63) is 106 Å². The van der Waals surface area contributed by atoms with E-state index in [1.54, 1.807) is 9.80 Å². The van der Waals surface area contributed by atoms with Crippen molar-refractivity contribution < 1.29 is 91.5 Å². The molecule has 0 aliphatic carbocycles. The Hall–Kier alpha value is -6.73. The van der Waals surface area contributed by atoms with Crippen LogP contribution in [0.2, 0.25) is 0 Å². The van der Waals surface area contributed by atoms with Crippen molar-refractivity contribution >= 4 is 59.0 Å². The summed E-state index contributed by atoms with van der Waals surface area (Å²) < 4.78 is 200. The van der Waals surface area contributed by atoms with Gasteiger partial charge in [-0.15, -0.1) is 0 Å². The number of benzene rings is 4. The predicted octanol–water partition coefficient (Wildman–Crippen LogP) is 11.6. The van der Waals surface area contributed by atoms with Crippen LogP contribution in [0.5, 0.6) is 0 Å². The first-order valence-corrected chi connectivity index (χ1v) is 25.7. The van der Waals surface area contributed by atoms with Crippen LogP contribution in [0.1, 0.15) is 59.1 Å². The zero-order valence-electron chi connectivity index (χ0n) is 41.6. The molecule has 424 valence electrons. The Morgan fingerprint density at radius 2 is 0.810 bits per heavy atom. The third kappa shape index (κ3) is 13.5. The van der Waals surface area contributed by atoms with E-state index in [2.05, 4.69) is 0 Å². The number of amides is 2. The molecule has 0 saturated carbocycles. The molecule has 0 bridgehead atoms. The average molecular weight is 1140 g/mol. The van der Waals surface area contributed by atoms with E-state index in [9.17, 15) is 29.4 Å². The Morgan fingerprint density at radius 3 is 1.11 bits per heavy atom. The molecule has 79 heavy (non-hydrogen) atoms. The first-order valence-electron chi connectivity index (χ1n) is 24.8. The number of carboxylic acid groups (broad SMARTS) is 2.